The zero-order valence-electron chi connectivity index (χ0n) is 14.2. The maximum absolute atomic E-state index is 12.5. The summed E-state index contributed by atoms with van der Waals surface area (Å²) in [5.41, 5.74) is -0.610. The Morgan fingerprint density at radius 2 is 1.85 bits per heavy atom. The fraction of sp³-hybridized carbons (Fsp3) is 0.412. The van der Waals surface area contributed by atoms with E-state index in [4.69, 9.17) is 9.84 Å². The van der Waals surface area contributed by atoms with Crippen molar-refractivity contribution in [2.45, 2.75) is 29.7 Å². The second-order valence-corrected chi connectivity index (χ2v) is 7.85. The zero-order chi connectivity index (χ0) is 19.2. The number of carboxylic acid groups (broad SMARTS) is 1. The molecule has 0 bridgehead atoms. The predicted octanol–water partition coefficient (Wildman–Crippen LogP) is 0.905. The molecule has 0 unspecified atom stereocenters. The molecule has 0 saturated carbocycles. The SMILES string of the molecule is C=CCNS(=O)(=O)c1ccc(C(=O)NC2(CC(=O)O)CCOCC2)cc1. The summed E-state index contributed by atoms with van der Waals surface area (Å²) < 4.78 is 31.6. The molecule has 1 heterocycles. The van der Waals surface area contributed by atoms with Gasteiger partial charge in [-0.25, -0.2) is 13.1 Å². The van der Waals surface area contributed by atoms with Gasteiger partial charge >= 0.3 is 5.97 Å². The van der Waals surface area contributed by atoms with Gasteiger partial charge in [0.2, 0.25) is 10.0 Å². The molecule has 0 radical (unpaired) electrons. The Bertz CT molecular complexity index is 767. The third-order valence-electron chi connectivity index (χ3n) is 4.16. The van der Waals surface area contributed by atoms with Crippen LogP contribution in [-0.4, -0.2) is 50.7 Å². The first-order chi connectivity index (χ1) is 12.3. The van der Waals surface area contributed by atoms with Crippen molar-refractivity contribution in [3.05, 3.63) is 42.5 Å². The average Bonchev–Trinajstić information content (AvgIpc) is 2.60. The van der Waals surface area contributed by atoms with Gasteiger partial charge in [-0.1, -0.05) is 6.08 Å². The van der Waals surface area contributed by atoms with Crippen LogP contribution in [0.4, 0.5) is 0 Å². The number of hydrogen-bond donors (Lipinski definition) is 3. The molecule has 9 heteroatoms. The van der Waals surface area contributed by atoms with E-state index in [1.54, 1.807) is 0 Å². The number of amides is 1. The summed E-state index contributed by atoms with van der Waals surface area (Å²) in [6.07, 6.45) is 2.04. The van der Waals surface area contributed by atoms with E-state index in [1.807, 2.05) is 0 Å². The summed E-state index contributed by atoms with van der Waals surface area (Å²) in [6, 6.07) is 5.44. The predicted molar refractivity (Wildman–Crippen MR) is 94.3 cm³/mol. The number of carbonyl (C=O) groups is 2. The number of benzene rings is 1. The van der Waals surface area contributed by atoms with Gasteiger partial charge < -0.3 is 15.2 Å². The number of ether oxygens (including phenoxy) is 1. The molecule has 142 valence electrons. The van der Waals surface area contributed by atoms with Gasteiger partial charge in [-0.3, -0.25) is 9.59 Å². The van der Waals surface area contributed by atoms with Crippen LogP contribution in [0.2, 0.25) is 0 Å². The van der Waals surface area contributed by atoms with Gasteiger partial charge in [0, 0.05) is 25.3 Å². The van der Waals surface area contributed by atoms with E-state index >= 15 is 0 Å². The molecular weight excluding hydrogens is 360 g/mol. The summed E-state index contributed by atoms with van der Waals surface area (Å²) >= 11 is 0. The summed E-state index contributed by atoms with van der Waals surface area (Å²) in [6.45, 7) is 4.30. The standard InChI is InChI=1S/C17H22N2O6S/c1-2-9-18-26(23,24)14-5-3-13(4-6-14)16(22)19-17(12-15(20)21)7-10-25-11-8-17/h2-6,18H,1,7-12H2,(H,19,22)(H,20,21). The number of sulfonamides is 1. The lowest BCUT2D eigenvalue weighted by atomic mass is 9.86. The minimum Gasteiger partial charge on any atom is -0.481 e. The van der Waals surface area contributed by atoms with Gasteiger partial charge in [0.1, 0.15) is 0 Å². The number of carboxylic acids is 1. The van der Waals surface area contributed by atoms with E-state index in [2.05, 4.69) is 16.6 Å². The normalized spacial score (nSPS) is 16.6. The molecular formula is C17H22N2O6S. The minimum absolute atomic E-state index is 0.0298. The second-order valence-electron chi connectivity index (χ2n) is 6.08. The van der Waals surface area contributed by atoms with Crippen LogP contribution in [0, 0.1) is 0 Å². The Morgan fingerprint density at radius 3 is 2.38 bits per heavy atom. The Hall–Kier alpha value is -2.23. The molecule has 1 aliphatic rings. The molecule has 1 aliphatic heterocycles. The van der Waals surface area contributed by atoms with Crippen molar-refractivity contribution in [3.63, 3.8) is 0 Å². The third kappa shape index (κ3) is 5.13. The van der Waals surface area contributed by atoms with E-state index in [0.717, 1.165) is 0 Å². The molecule has 0 atom stereocenters. The highest BCUT2D eigenvalue weighted by molar-refractivity contribution is 7.89. The van der Waals surface area contributed by atoms with Crippen LogP contribution < -0.4 is 10.0 Å². The molecule has 1 saturated heterocycles. The summed E-state index contributed by atoms with van der Waals surface area (Å²) in [4.78, 5) is 23.7. The van der Waals surface area contributed by atoms with E-state index in [0.29, 0.717) is 26.1 Å². The van der Waals surface area contributed by atoms with Gasteiger partial charge in [0.05, 0.1) is 16.9 Å². The molecule has 0 spiro atoms. The van der Waals surface area contributed by atoms with Crippen molar-refractivity contribution in [1.82, 2.24) is 10.0 Å². The van der Waals surface area contributed by atoms with E-state index in [9.17, 15) is 18.0 Å². The van der Waals surface area contributed by atoms with Crippen molar-refractivity contribution in [3.8, 4) is 0 Å². The van der Waals surface area contributed by atoms with Gasteiger partial charge in [0.25, 0.3) is 5.91 Å². The number of carbonyl (C=O) groups excluding carboxylic acids is 1. The van der Waals surface area contributed by atoms with Crippen LogP contribution in [0.5, 0.6) is 0 Å². The smallest absolute Gasteiger partial charge is 0.305 e. The van der Waals surface area contributed by atoms with Gasteiger partial charge in [-0.15, -0.1) is 6.58 Å². The van der Waals surface area contributed by atoms with Crippen LogP contribution in [0.3, 0.4) is 0 Å². The van der Waals surface area contributed by atoms with Crippen LogP contribution in [0.15, 0.2) is 41.8 Å². The zero-order valence-corrected chi connectivity index (χ0v) is 15.0. The first-order valence-electron chi connectivity index (χ1n) is 8.11. The summed E-state index contributed by atoms with van der Waals surface area (Å²) in [7, 11) is -3.67. The van der Waals surface area contributed by atoms with E-state index in [1.165, 1.54) is 30.3 Å². The van der Waals surface area contributed by atoms with Crippen molar-refractivity contribution < 1.29 is 27.9 Å². The number of hydrogen-bond acceptors (Lipinski definition) is 5. The molecule has 8 nitrogen and oxygen atoms in total. The molecule has 0 aromatic heterocycles. The van der Waals surface area contributed by atoms with Crippen molar-refractivity contribution in [2.24, 2.45) is 0 Å². The lowest BCUT2D eigenvalue weighted by molar-refractivity contribution is -0.139. The molecule has 3 N–H and O–H groups in total. The summed E-state index contributed by atoms with van der Waals surface area (Å²) in [5, 5.41) is 11.9. The Labute approximate surface area is 152 Å². The number of nitrogens with one attached hydrogen (secondary N) is 2. The van der Waals surface area contributed by atoms with Gasteiger partial charge in [-0.05, 0) is 37.1 Å². The monoisotopic (exact) mass is 382 g/mol. The van der Waals surface area contributed by atoms with Gasteiger partial charge in [0.15, 0.2) is 0 Å². The fourth-order valence-electron chi connectivity index (χ4n) is 2.75. The first-order valence-corrected chi connectivity index (χ1v) is 9.59. The Balaban J connectivity index is 2.13. The topological polar surface area (TPSA) is 122 Å². The van der Waals surface area contributed by atoms with Crippen molar-refractivity contribution in [2.75, 3.05) is 19.8 Å². The average molecular weight is 382 g/mol. The second kappa shape index (κ2) is 8.43. The maximum Gasteiger partial charge on any atom is 0.305 e. The van der Waals surface area contributed by atoms with E-state index in [-0.39, 0.29) is 23.4 Å². The first kappa shape index (κ1) is 20.1. The van der Waals surface area contributed by atoms with Crippen molar-refractivity contribution in [1.29, 1.82) is 0 Å². The number of rotatable bonds is 8. The molecule has 26 heavy (non-hydrogen) atoms. The van der Waals surface area contributed by atoms with E-state index < -0.39 is 27.4 Å². The highest BCUT2D eigenvalue weighted by Gasteiger charge is 2.36. The van der Waals surface area contributed by atoms with Crippen LogP contribution in [0.25, 0.3) is 0 Å². The Kier molecular flexibility index (Phi) is 6.52. The van der Waals surface area contributed by atoms with Crippen molar-refractivity contribution >= 4 is 21.9 Å². The maximum atomic E-state index is 12.5. The molecule has 2 rings (SSSR count). The van der Waals surface area contributed by atoms with Crippen LogP contribution in [-0.2, 0) is 19.6 Å². The lowest BCUT2D eigenvalue weighted by Crippen LogP contribution is -2.53. The highest BCUT2D eigenvalue weighted by Crippen LogP contribution is 2.25. The fourth-order valence-corrected chi connectivity index (χ4v) is 3.75. The number of aliphatic carboxylic acids is 1. The highest BCUT2D eigenvalue weighted by atomic mass is 32.2. The van der Waals surface area contributed by atoms with Gasteiger partial charge in [-0.2, -0.15) is 0 Å². The molecule has 1 aromatic carbocycles. The molecule has 1 amide bonds. The van der Waals surface area contributed by atoms with Crippen LogP contribution in [0.1, 0.15) is 29.6 Å². The minimum atomic E-state index is -3.67. The van der Waals surface area contributed by atoms with Crippen LogP contribution >= 0.6 is 0 Å². The Morgan fingerprint density at radius 1 is 1.23 bits per heavy atom. The summed E-state index contributed by atoms with van der Waals surface area (Å²) in [5.74, 6) is -1.45. The largest absolute Gasteiger partial charge is 0.481 e. The molecule has 0 aliphatic carbocycles. The quantitative estimate of drug-likeness (QED) is 0.575. The molecule has 1 aromatic rings. The lowest BCUT2D eigenvalue weighted by Gasteiger charge is -2.36. The molecule has 1 fully saturated rings. The third-order valence-corrected chi connectivity index (χ3v) is 5.60.